The van der Waals surface area contributed by atoms with Gasteiger partial charge < -0.3 is 0 Å². The van der Waals surface area contributed by atoms with Gasteiger partial charge in [0.2, 0.25) is 0 Å². The summed E-state index contributed by atoms with van der Waals surface area (Å²) < 4.78 is 78.0. The monoisotopic (exact) mass is 372 g/mol. The molecule has 2 aromatic carbocycles. The van der Waals surface area contributed by atoms with E-state index in [-0.39, 0.29) is 10.4 Å². The highest BCUT2D eigenvalue weighted by Crippen LogP contribution is 2.30. The van der Waals surface area contributed by atoms with Crippen molar-refractivity contribution in [1.82, 2.24) is 0 Å². The summed E-state index contributed by atoms with van der Waals surface area (Å²) in [5.41, 5.74) is 1.12. The largest absolute Gasteiger partial charge is 0.416 e. The van der Waals surface area contributed by atoms with E-state index in [0.29, 0.717) is 0 Å². The Labute approximate surface area is 142 Å². The Balaban J connectivity index is 2.69. The van der Waals surface area contributed by atoms with Crippen molar-refractivity contribution in [2.24, 2.45) is 0 Å². The maximum Gasteiger partial charge on any atom is 0.416 e. The van der Waals surface area contributed by atoms with Crippen LogP contribution in [0.15, 0.2) is 73.1 Å². The minimum atomic E-state index is -4.55. The molecule has 0 aromatic heterocycles. The van der Waals surface area contributed by atoms with Gasteiger partial charge in [0.15, 0.2) is 8.07 Å². The molecule has 0 aliphatic heterocycles. The van der Waals surface area contributed by atoms with E-state index in [1.165, 1.54) is 35.7 Å². The molecule has 0 saturated carbocycles. The molecule has 0 spiro atoms. The van der Waals surface area contributed by atoms with Gasteiger partial charge in [-0.1, -0.05) is 47.8 Å². The molecular weight excluding hydrogens is 358 g/mol. The molecule has 0 saturated heterocycles. The van der Waals surface area contributed by atoms with Crippen molar-refractivity contribution in [3.8, 4) is 0 Å². The van der Waals surface area contributed by atoms with Crippen molar-refractivity contribution in [2.45, 2.75) is 12.4 Å². The number of hydrogen-bond donors (Lipinski definition) is 0. The fraction of sp³-hybridized carbons (Fsp3) is 0.111. The van der Waals surface area contributed by atoms with Crippen molar-refractivity contribution in [1.29, 1.82) is 0 Å². The molecule has 0 heterocycles. The molecule has 7 heteroatoms. The summed E-state index contributed by atoms with van der Waals surface area (Å²) in [6.07, 6.45) is -9.10. The molecule has 132 valence electrons. The van der Waals surface area contributed by atoms with E-state index in [1.54, 1.807) is 0 Å². The number of alkyl halides is 6. The maximum atomic E-state index is 13.0. The molecular formula is C18H14F6Si. The zero-order valence-electron chi connectivity index (χ0n) is 13.0. The average Bonchev–Trinajstić information content (AvgIpc) is 2.56. The minimum absolute atomic E-state index is 0.270. The molecule has 0 aliphatic rings. The van der Waals surface area contributed by atoms with Gasteiger partial charge in [0.25, 0.3) is 0 Å². The Morgan fingerprint density at radius 2 is 1.04 bits per heavy atom. The lowest BCUT2D eigenvalue weighted by Gasteiger charge is -2.27. The molecule has 0 fully saturated rings. The van der Waals surface area contributed by atoms with Gasteiger partial charge in [-0.2, -0.15) is 26.3 Å². The molecule has 0 N–H and O–H groups in total. The lowest BCUT2D eigenvalue weighted by Crippen LogP contribution is -2.56. The van der Waals surface area contributed by atoms with Crippen molar-refractivity contribution in [2.75, 3.05) is 0 Å². The molecule has 0 unspecified atom stereocenters. The average molecular weight is 372 g/mol. The van der Waals surface area contributed by atoms with Crippen LogP contribution in [0, 0.1) is 0 Å². The third-order valence-corrected chi connectivity index (χ3v) is 7.80. The van der Waals surface area contributed by atoms with Crippen molar-refractivity contribution >= 4 is 18.4 Å². The second kappa shape index (κ2) is 6.55. The number of rotatable bonds is 4. The summed E-state index contributed by atoms with van der Waals surface area (Å²) in [6.45, 7) is 7.34. The molecule has 0 atom stereocenters. The van der Waals surface area contributed by atoms with Gasteiger partial charge in [-0.05, 0) is 22.5 Å². The molecule has 0 aliphatic carbocycles. The van der Waals surface area contributed by atoms with Crippen LogP contribution in [-0.2, 0) is 12.4 Å². The van der Waals surface area contributed by atoms with Crippen molar-refractivity contribution in [3.63, 3.8) is 0 Å². The highest BCUT2D eigenvalue weighted by molar-refractivity contribution is 7.09. The second-order valence-electron chi connectivity index (χ2n) is 5.43. The van der Waals surface area contributed by atoms with Crippen LogP contribution in [0.4, 0.5) is 26.3 Å². The van der Waals surface area contributed by atoms with E-state index in [2.05, 4.69) is 13.2 Å². The summed E-state index contributed by atoms with van der Waals surface area (Å²) in [6, 6.07) is 9.14. The van der Waals surface area contributed by atoms with Crippen LogP contribution in [0.1, 0.15) is 11.1 Å². The van der Waals surface area contributed by atoms with Gasteiger partial charge in [0, 0.05) is 0 Å². The first kappa shape index (κ1) is 19.0. The summed E-state index contributed by atoms with van der Waals surface area (Å²) in [5, 5.41) is 0.540. The third-order valence-electron chi connectivity index (χ3n) is 3.98. The van der Waals surface area contributed by atoms with Gasteiger partial charge in [-0.3, -0.25) is 0 Å². The Morgan fingerprint density at radius 1 is 0.680 bits per heavy atom. The van der Waals surface area contributed by atoms with E-state index < -0.39 is 31.6 Å². The standard InChI is InChI=1S/C18H14F6Si/c1-3-25(4-2,15-9-5-7-13(11-15)17(19,20)21)16-10-6-8-14(12-16)18(22,23)24/h3-12H,1-2H2. The number of hydrogen-bond acceptors (Lipinski definition) is 0. The molecule has 0 amide bonds. The van der Waals surface area contributed by atoms with Crippen molar-refractivity contribution < 1.29 is 26.3 Å². The predicted molar refractivity (Wildman–Crippen MR) is 88.3 cm³/mol. The third kappa shape index (κ3) is 3.71. The molecule has 0 radical (unpaired) electrons. The van der Waals surface area contributed by atoms with E-state index >= 15 is 0 Å². The van der Waals surface area contributed by atoms with Crippen molar-refractivity contribution in [3.05, 3.63) is 84.2 Å². The smallest absolute Gasteiger partial charge is 0.166 e. The van der Waals surface area contributed by atoms with Crippen LogP contribution in [0.3, 0.4) is 0 Å². The van der Waals surface area contributed by atoms with Gasteiger partial charge in [0.05, 0.1) is 11.1 Å². The van der Waals surface area contributed by atoms with Crippen LogP contribution >= 0.6 is 0 Å². The van der Waals surface area contributed by atoms with Gasteiger partial charge in [-0.25, -0.2) is 0 Å². The Bertz CT molecular complexity index is 721. The van der Waals surface area contributed by atoms with Crippen LogP contribution in [0.25, 0.3) is 0 Å². The molecule has 2 aromatic rings. The van der Waals surface area contributed by atoms with Crippen LogP contribution < -0.4 is 10.4 Å². The lowest BCUT2D eigenvalue weighted by atomic mass is 10.2. The SMILES string of the molecule is C=C[Si](C=C)(c1cccc(C(F)(F)F)c1)c1cccc(C(F)(F)F)c1. The van der Waals surface area contributed by atoms with E-state index in [0.717, 1.165) is 24.3 Å². The van der Waals surface area contributed by atoms with Gasteiger partial charge in [-0.15, -0.1) is 13.2 Å². The predicted octanol–water partition coefficient (Wildman–Crippen LogP) is 4.74. The molecule has 0 nitrogen and oxygen atoms in total. The number of halogens is 6. The number of benzene rings is 2. The lowest BCUT2D eigenvalue weighted by molar-refractivity contribution is -0.138. The van der Waals surface area contributed by atoms with Gasteiger partial charge >= 0.3 is 12.4 Å². The highest BCUT2D eigenvalue weighted by Gasteiger charge is 2.37. The topological polar surface area (TPSA) is 0 Å². The summed E-state index contributed by atoms with van der Waals surface area (Å²) in [4.78, 5) is 0. The first-order valence-electron chi connectivity index (χ1n) is 7.17. The summed E-state index contributed by atoms with van der Waals surface area (Å²) >= 11 is 0. The van der Waals surface area contributed by atoms with E-state index in [1.807, 2.05) is 0 Å². The zero-order valence-corrected chi connectivity index (χ0v) is 14.0. The van der Waals surface area contributed by atoms with Gasteiger partial charge in [0.1, 0.15) is 0 Å². The first-order valence-corrected chi connectivity index (χ1v) is 9.33. The van der Waals surface area contributed by atoms with Crippen LogP contribution in [0.2, 0.25) is 0 Å². The zero-order chi connectivity index (χ0) is 18.9. The summed E-state index contributed by atoms with van der Waals surface area (Å²) in [7, 11) is -3.19. The molecule has 25 heavy (non-hydrogen) atoms. The fourth-order valence-electron chi connectivity index (χ4n) is 2.63. The Hall–Kier alpha value is -2.28. The molecule has 2 rings (SSSR count). The molecule has 0 bridgehead atoms. The van der Waals surface area contributed by atoms with E-state index in [4.69, 9.17) is 0 Å². The normalized spacial score (nSPS) is 12.7. The second-order valence-corrected chi connectivity index (χ2v) is 9.14. The fourth-order valence-corrected chi connectivity index (χ4v) is 5.60. The minimum Gasteiger partial charge on any atom is -0.166 e. The van der Waals surface area contributed by atoms with E-state index in [9.17, 15) is 26.3 Å². The maximum absolute atomic E-state index is 13.0. The first-order chi connectivity index (χ1) is 11.5. The highest BCUT2D eigenvalue weighted by atomic mass is 28.3. The quantitative estimate of drug-likeness (QED) is 0.537. The Morgan fingerprint density at radius 3 is 1.32 bits per heavy atom. The summed E-state index contributed by atoms with van der Waals surface area (Å²) in [5.74, 6) is 0. The van der Waals surface area contributed by atoms with Crippen LogP contribution in [0.5, 0.6) is 0 Å². The Kier molecular flexibility index (Phi) is 4.99. The van der Waals surface area contributed by atoms with Crippen LogP contribution in [-0.4, -0.2) is 8.07 Å².